The highest BCUT2D eigenvalue weighted by Crippen LogP contribution is 2.39. The number of nitrogens with zero attached hydrogens (tertiary/aromatic N) is 5. The Morgan fingerprint density at radius 3 is 2.26 bits per heavy atom. The Morgan fingerprint density at radius 1 is 0.968 bits per heavy atom. The average molecular weight is 425 g/mol. The molecule has 0 bridgehead atoms. The van der Waals surface area contributed by atoms with Gasteiger partial charge >= 0.3 is 5.69 Å². The average Bonchev–Trinajstić information content (AvgIpc) is 2.79. The van der Waals surface area contributed by atoms with Gasteiger partial charge in [-0.1, -0.05) is 36.4 Å². The Bertz CT molecular complexity index is 1020. The van der Waals surface area contributed by atoms with Gasteiger partial charge in [-0.25, -0.2) is 9.97 Å². The molecule has 0 spiro atoms. The summed E-state index contributed by atoms with van der Waals surface area (Å²) >= 11 is 0. The number of hydrogen-bond acceptors (Lipinski definition) is 8. The van der Waals surface area contributed by atoms with Crippen molar-refractivity contribution in [3.63, 3.8) is 0 Å². The van der Waals surface area contributed by atoms with Crippen LogP contribution in [0.2, 0.25) is 0 Å². The van der Waals surface area contributed by atoms with Crippen molar-refractivity contribution in [1.29, 1.82) is 0 Å². The molecule has 0 unspecified atom stereocenters. The van der Waals surface area contributed by atoms with Crippen LogP contribution in [-0.2, 0) is 9.47 Å². The second-order valence-corrected chi connectivity index (χ2v) is 6.84. The highest BCUT2D eigenvalue weighted by atomic mass is 16.6. The smallest absolute Gasteiger partial charge is 0.354 e. The Balaban J connectivity index is 2.15. The molecule has 3 aromatic rings. The molecule has 0 atom stereocenters. The van der Waals surface area contributed by atoms with Gasteiger partial charge in [-0.15, -0.1) is 0 Å². The van der Waals surface area contributed by atoms with E-state index < -0.39 is 4.92 Å². The second-order valence-electron chi connectivity index (χ2n) is 6.84. The van der Waals surface area contributed by atoms with E-state index in [1.165, 1.54) is 6.33 Å². The summed E-state index contributed by atoms with van der Waals surface area (Å²) < 4.78 is 10.4. The molecule has 0 aliphatic rings. The molecular formula is C22H27N5O4. The highest BCUT2D eigenvalue weighted by Gasteiger charge is 2.30. The van der Waals surface area contributed by atoms with Crippen LogP contribution in [0.5, 0.6) is 0 Å². The molecule has 31 heavy (non-hydrogen) atoms. The van der Waals surface area contributed by atoms with Crippen molar-refractivity contribution < 1.29 is 14.4 Å². The van der Waals surface area contributed by atoms with E-state index in [1.807, 2.05) is 54.3 Å². The first-order chi connectivity index (χ1) is 15.1. The van der Waals surface area contributed by atoms with Crippen LogP contribution in [0.4, 0.5) is 23.0 Å². The summed E-state index contributed by atoms with van der Waals surface area (Å²) in [6, 6.07) is 13.9. The van der Waals surface area contributed by atoms with Crippen LogP contribution in [-0.4, -0.2) is 62.0 Å². The minimum atomic E-state index is -0.412. The van der Waals surface area contributed by atoms with Crippen LogP contribution in [0, 0.1) is 10.1 Å². The van der Waals surface area contributed by atoms with E-state index in [0.717, 1.165) is 16.5 Å². The zero-order valence-corrected chi connectivity index (χ0v) is 18.0. The predicted octanol–water partition coefficient (Wildman–Crippen LogP) is 3.80. The normalized spacial score (nSPS) is 10.9. The first-order valence-electron chi connectivity index (χ1n) is 10.1. The summed E-state index contributed by atoms with van der Waals surface area (Å²) in [4.78, 5) is 24.1. The Kier molecular flexibility index (Phi) is 7.69. The van der Waals surface area contributed by atoms with Gasteiger partial charge in [-0.05, 0) is 18.4 Å². The van der Waals surface area contributed by atoms with E-state index in [9.17, 15) is 10.1 Å². The summed E-state index contributed by atoms with van der Waals surface area (Å²) in [6.45, 7) is 4.14. The Morgan fingerprint density at radius 2 is 1.61 bits per heavy atom. The lowest BCUT2D eigenvalue weighted by molar-refractivity contribution is -0.383. The van der Waals surface area contributed by atoms with Gasteiger partial charge in [-0.2, -0.15) is 0 Å². The number of aromatic nitrogens is 2. The number of hydrogen-bond donors (Lipinski definition) is 0. The van der Waals surface area contributed by atoms with Gasteiger partial charge in [0.15, 0.2) is 0 Å². The number of ether oxygens (including phenoxy) is 2. The predicted molar refractivity (Wildman–Crippen MR) is 121 cm³/mol. The van der Waals surface area contributed by atoms with E-state index in [0.29, 0.717) is 32.8 Å². The summed E-state index contributed by atoms with van der Waals surface area (Å²) in [6.07, 6.45) is 1.37. The maximum atomic E-state index is 12.2. The number of anilines is 3. The number of nitro groups is 1. The monoisotopic (exact) mass is 425 g/mol. The molecule has 0 amide bonds. The van der Waals surface area contributed by atoms with E-state index >= 15 is 0 Å². The fourth-order valence-corrected chi connectivity index (χ4v) is 3.56. The van der Waals surface area contributed by atoms with Crippen molar-refractivity contribution in [2.24, 2.45) is 0 Å². The van der Waals surface area contributed by atoms with Gasteiger partial charge in [0.1, 0.15) is 6.33 Å². The van der Waals surface area contributed by atoms with Crippen molar-refractivity contribution in [2.45, 2.75) is 6.92 Å². The number of rotatable bonds is 11. The van der Waals surface area contributed by atoms with Crippen LogP contribution in [0.15, 0.2) is 48.8 Å². The summed E-state index contributed by atoms with van der Waals surface area (Å²) in [5, 5.41) is 14.3. The number of methoxy groups -OCH3 is 2. The van der Waals surface area contributed by atoms with E-state index in [-0.39, 0.29) is 17.3 Å². The Hall–Kier alpha value is -3.30. The van der Waals surface area contributed by atoms with Crippen molar-refractivity contribution in [1.82, 2.24) is 9.97 Å². The van der Waals surface area contributed by atoms with Crippen molar-refractivity contribution >= 4 is 33.8 Å². The second kappa shape index (κ2) is 10.6. The van der Waals surface area contributed by atoms with Crippen LogP contribution >= 0.6 is 0 Å². The third-order valence-electron chi connectivity index (χ3n) is 5.03. The minimum Gasteiger partial charge on any atom is -0.383 e. The summed E-state index contributed by atoms with van der Waals surface area (Å²) in [7, 11) is 3.18. The number of fused-ring (bicyclic) bond motifs is 1. The molecule has 0 aliphatic heterocycles. The van der Waals surface area contributed by atoms with Gasteiger partial charge in [0, 0.05) is 39.2 Å². The molecule has 0 aliphatic carbocycles. The molecule has 2 aromatic carbocycles. The molecule has 0 saturated heterocycles. The van der Waals surface area contributed by atoms with Gasteiger partial charge in [-0.3, -0.25) is 10.1 Å². The van der Waals surface area contributed by atoms with E-state index in [4.69, 9.17) is 9.47 Å². The SMILES string of the molecule is CCN(c1ncnc(N(CCOC)CCOC)c1[N+](=O)[O-])c1cccc2ccccc12. The maximum absolute atomic E-state index is 12.2. The number of benzene rings is 2. The summed E-state index contributed by atoms with van der Waals surface area (Å²) in [5.74, 6) is 0.511. The molecule has 0 saturated carbocycles. The van der Waals surface area contributed by atoms with Crippen molar-refractivity contribution in [3.05, 3.63) is 58.9 Å². The van der Waals surface area contributed by atoms with E-state index in [2.05, 4.69) is 9.97 Å². The van der Waals surface area contributed by atoms with Crippen LogP contribution in [0.1, 0.15) is 6.92 Å². The molecular weight excluding hydrogens is 398 g/mol. The largest absolute Gasteiger partial charge is 0.383 e. The molecule has 164 valence electrons. The van der Waals surface area contributed by atoms with Crippen LogP contribution < -0.4 is 9.80 Å². The molecule has 0 fully saturated rings. The highest BCUT2D eigenvalue weighted by molar-refractivity contribution is 5.96. The molecule has 0 N–H and O–H groups in total. The first-order valence-corrected chi connectivity index (χ1v) is 10.1. The molecule has 1 heterocycles. The molecule has 9 nitrogen and oxygen atoms in total. The Labute approximate surface area is 181 Å². The fourth-order valence-electron chi connectivity index (χ4n) is 3.56. The van der Waals surface area contributed by atoms with Gasteiger partial charge < -0.3 is 19.3 Å². The molecule has 9 heteroatoms. The first kappa shape index (κ1) is 22.4. The molecule has 1 aromatic heterocycles. The van der Waals surface area contributed by atoms with Crippen molar-refractivity contribution in [2.75, 3.05) is 56.9 Å². The third-order valence-corrected chi connectivity index (χ3v) is 5.03. The van der Waals surface area contributed by atoms with Gasteiger partial charge in [0.25, 0.3) is 0 Å². The maximum Gasteiger partial charge on any atom is 0.354 e. The fraction of sp³-hybridized carbons (Fsp3) is 0.364. The third kappa shape index (κ3) is 4.89. The zero-order valence-electron chi connectivity index (χ0n) is 18.0. The summed E-state index contributed by atoms with van der Waals surface area (Å²) in [5.41, 5.74) is 0.721. The minimum absolute atomic E-state index is 0.135. The lowest BCUT2D eigenvalue weighted by Gasteiger charge is -2.27. The van der Waals surface area contributed by atoms with Crippen LogP contribution in [0.25, 0.3) is 10.8 Å². The lowest BCUT2D eigenvalue weighted by Crippen LogP contribution is -2.32. The molecule has 0 radical (unpaired) electrons. The van der Waals surface area contributed by atoms with Crippen molar-refractivity contribution in [3.8, 4) is 0 Å². The van der Waals surface area contributed by atoms with E-state index in [1.54, 1.807) is 19.1 Å². The standard InChI is InChI=1S/C22H27N5O4/c1-4-26(19-11-7-9-17-8-5-6-10-18(17)19)22-20(27(28)29)21(23-16-24-22)25(12-14-30-2)13-15-31-3/h5-11,16H,4,12-15H2,1-3H3. The zero-order chi connectivity index (χ0) is 22.2. The lowest BCUT2D eigenvalue weighted by atomic mass is 10.1. The van der Waals surface area contributed by atoms with Gasteiger partial charge in [0.2, 0.25) is 11.6 Å². The molecule has 3 rings (SSSR count). The van der Waals surface area contributed by atoms with Crippen LogP contribution in [0.3, 0.4) is 0 Å². The van der Waals surface area contributed by atoms with Gasteiger partial charge in [0.05, 0.1) is 23.8 Å². The topological polar surface area (TPSA) is 93.9 Å². The quantitative estimate of drug-likeness (QED) is 0.338.